The molecule has 0 saturated heterocycles. The Bertz CT molecular complexity index is 381. The zero-order valence-electron chi connectivity index (χ0n) is 10.2. The molecular weight excluding hydrogens is 221 g/mol. The first-order chi connectivity index (χ1) is 8.04. The van der Waals surface area contributed by atoms with Crippen LogP contribution >= 0.6 is 0 Å². The van der Waals surface area contributed by atoms with Gasteiger partial charge in [-0.25, -0.2) is 4.39 Å². The van der Waals surface area contributed by atoms with Crippen molar-refractivity contribution in [1.82, 2.24) is 4.90 Å². The summed E-state index contributed by atoms with van der Waals surface area (Å²) in [6.07, 6.45) is 0.0924. The van der Waals surface area contributed by atoms with E-state index in [9.17, 15) is 9.18 Å². The lowest BCUT2D eigenvalue weighted by Crippen LogP contribution is -2.36. The number of aliphatic hydroxyl groups is 1. The number of hydrogen-bond donors (Lipinski definition) is 1. The minimum Gasteiger partial charge on any atom is -0.395 e. The second-order valence-corrected chi connectivity index (χ2v) is 4.25. The number of carbonyl (C=O) groups is 1. The highest BCUT2D eigenvalue weighted by molar-refractivity contribution is 5.82. The fourth-order valence-corrected chi connectivity index (χ4v) is 1.48. The van der Waals surface area contributed by atoms with Crippen LogP contribution in [0.5, 0.6) is 0 Å². The maximum absolute atomic E-state index is 13.3. The number of ketones is 1. The van der Waals surface area contributed by atoms with Crippen molar-refractivity contribution in [3.63, 3.8) is 0 Å². The van der Waals surface area contributed by atoms with Gasteiger partial charge in [-0.2, -0.15) is 0 Å². The average Bonchev–Trinajstić information content (AvgIpc) is 2.31. The Labute approximate surface area is 101 Å². The summed E-state index contributed by atoms with van der Waals surface area (Å²) in [5, 5.41) is 8.94. The minimum absolute atomic E-state index is 0.00345. The van der Waals surface area contributed by atoms with E-state index in [0.717, 1.165) is 0 Å². The number of carbonyl (C=O) groups excluding carboxylic acids is 1. The van der Waals surface area contributed by atoms with Gasteiger partial charge < -0.3 is 5.11 Å². The highest BCUT2D eigenvalue weighted by Gasteiger charge is 2.13. The summed E-state index contributed by atoms with van der Waals surface area (Å²) in [4.78, 5) is 13.5. The third-order valence-electron chi connectivity index (χ3n) is 2.79. The first kappa shape index (κ1) is 13.8. The van der Waals surface area contributed by atoms with E-state index in [0.29, 0.717) is 5.56 Å². The van der Waals surface area contributed by atoms with Crippen LogP contribution in [0.1, 0.15) is 12.5 Å². The molecular formula is C13H18FNO2. The Balaban J connectivity index is 2.53. The van der Waals surface area contributed by atoms with Gasteiger partial charge in [0.25, 0.3) is 0 Å². The van der Waals surface area contributed by atoms with Crippen molar-refractivity contribution in [1.29, 1.82) is 0 Å². The lowest BCUT2D eigenvalue weighted by Gasteiger charge is -2.21. The summed E-state index contributed by atoms with van der Waals surface area (Å²) in [5.74, 6) is -0.406. The van der Waals surface area contributed by atoms with Gasteiger partial charge in [-0.05, 0) is 25.6 Å². The largest absolute Gasteiger partial charge is 0.395 e. The highest BCUT2D eigenvalue weighted by atomic mass is 19.1. The molecule has 0 radical (unpaired) electrons. The number of likely N-dealkylation sites (N-methyl/N-ethyl adjacent to an activating group) is 1. The molecule has 0 aliphatic heterocycles. The molecule has 0 saturated carbocycles. The summed E-state index contributed by atoms with van der Waals surface area (Å²) in [7, 11) is 1.76. The molecule has 0 fully saturated rings. The predicted octanol–water partition coefficient (Wildman–Crippen LogP) is 1.25. The number of hydrogen-bond acceptors (Lipinski definition) is 3. The van der Waals surface area contributed by atoms with E-state index in [-0.39, 0.29) is 37.2 Å². The molecule has 1 rings (SSSR count). The van der Waals surface area contributed by atoms with Gasteiger partial charge in [0.1, 0.15) is 5.82 Å². The predicted molar refractivity (Wildman–Crippen MR) is 64.3 cm³/mol. The monoisotopic (exact) mass is 239 g/mol. The summed E-state index contributed by atoms with van der Waals surface area (Å²) in [6.45, 7) is 2.05. The zero-order chi connectivity index (χ0) is 12.8. The smallest absolute Gasteiger partial charge is 0.151 e. The average molecular weight is 239 g/mol. The summed E-state index contributed by atoms with van der Waals surface area (Å²) in [5.41, 5.74) is 0.419. The topological polar surface area (TPSA) is 40.5 Å². The molecule has 1 aromatic rings. The third kappa shape index (κ3) is 4.24. The molecule has 1 unspecified atom stereocenters. The van der Waals surface area contributed by atoms with Crippen molar-refractivity contribution in [3.8, 4) is 0 Å². The number of halogens is 1. The molecule has 1 aromatic carbocycles. The second kappa shape index (κ2) is 6.47. The van der Waals surface area contributed by atoms with Crippen LogP contribution in [0, 0.1) is 5.82 Å². The molecule has 0 amide bonds. The lowest BCUT2D eigenvalue weighted by molar-refractivity contribution is -0.119. The van der Waals surface area contributed by atoms with Gasteiger partial charge in [0, 0.05) is 12.5 Å². The van der Waals surface area contributed by atoms with Crippen molar-refractivity contribution in [2.75, 3.05) is 20.2 Å². The standard InChI is InChI=1S/C13H18FNO2/c1-10(9-16)15(2)8-12(17)7-11-5-3-4-6-13(11)14/h3-6,10,16H,7-9H2,1-2H3. The van der Waals surface area contributed by atoms with Crippen LogP contribution in [0.2, 0.25) is 0 Å². The summed E-state index contributed by atoms with van der Waals surface area (Å²) in [6, 6.07) is 6.21. The fourth-order valence-electron chi connectivity index (χ4n) is 1.48. The van der Waals surface area contributed by atoms with E-state index >= 15 is 0 Å². The van der Waals surface area contributed by atoms with Crippen molar-refractivity contribution in [2.45, 2.75) is 19.4 Å². The van der Waals surface area contributed by atoms with Crippen LogP contribution in [-0.2, 0) is 11.2 Å². The molecule has 1 atom stereocenters. The van der Waals surface area contributed by atoms with Gasteiger partial charge in [0.05, 0.1) is 13.2 Å². The number of benzene rings is 1. The molecule has 0 aromatic heterocycles. The zero-order valence-corrected chi connectivity index (χ0v) is 10.2. The normalized spacial score (nSPS) is 12.8. The second-order valence-electron chi connectivity index (χ2n) is 4.25. The van der Waals surface area contributed by atoms with E-state index in [1.807, 2.05) is 6.92 Å². The number of Topliss-reactive ketones (excluding diaryl/α,β-unsaturated/α-hetero) is 1. The SMILES string of the molecule is CC(CO)N(C)CC(=O)Cc1ccccc1F. The van der Waals surface area contributed by atoms with Crippen molar-refractivity contribution < 1.29 is 14.3 Å². The van der Waals surface area contributed by atoms with Crippen LogP contribution in [-0.4, -0.2) is 42.0 Å². The maximum Gasteiger partial charge on any atom is 0.151 e. The van der Waals surface area contributed by atoms with Crippen LogP contribution in [0.4, 0.5) is 4.39 Å². The molecule has 94 valence electrons. The van der Waals surface area contributed by atoms with E-state index in [4.69, 9.17) is 5.11 Å². The molecule has 4 heteroatoms. The van der Waals surface area contributed by atoms with Crippen LogP contribution in [0.15, 0.2) is 24.3 Å². The van der Waals surface area contributed by atoms with Crippen molar-refractivity contribution in [2.24, 2.45) is 0 Å². The molecule has 17 heavy (non-hydrogen) atoms. The number of nitrogens with zero attached hydrogens (tertiary/aromatic N) is 1. The van der Waals surface area contributed by atoms with Crippen molar-refractivity contribution in [3.05, 3.63) is 35.6 Å². The molecule has 1 N–H and O–H groups in total. The number of rotatable bonds is 6. The first-order valence-electron chi connectivity index (χ1n) is 5.60. The summed E-state index contributed by atoms with van der Waals surface area (Å²) < 4.78 is 13.3. The van der Waals surface area contributed by atoms with Crippen LogP contribution in [0.3, 0.4) is 0 Å². The van der Waals surface area contributed by atoms with Crippen LogP contribution in [0.25, 0.3) is 0 Å². The molecule has 0 aliphatic rings. The Morgan fingerprint density at radius 1 is 1.47 bits per heavy atom. The highest BCUT2D eigenvalue weighted by Crippen LogP contribution is 2.08. The maximum atomic E-state index is 13.3. The van der Waals surface area contributed by atoms with Gasteiger partial charge >= 0.3 is 0 Å². The Morgan fingerprint density at radius 2 is 2.12 bits per heavy atom. The fraction of sp³-hybridized carbons (Fsp3) is 0.462. The molecule has 0 heterocycles. The molecule has 0 aliphatic carbocycles. The van der Waals surface area contributed by atoms with Gasteiger partial charge in [0.2, 0.25) is 0 Å². The van der Waals surface area contributed by atoms with Crippen molar-refractivity contribution >= 4 is 5.78 Å². The number of aliphatic hydroxyl groups excluding tert-OH is 1. The van der Waals surface area contributed by atoms with Gasteiger partial charge in [-0.15, -0.1) is 0 Å². The van der Waals surface area contributed by atoms with E-state index in [1.165, 1.54) is 6.07 Å². The lowest BCUT2D eigenvalue weighted by atomic mass is 10.1. The van der Waals surface area contributed by atoms with E-state index < -0.39 is 0 Å². The molecule has 3 nitrogen and oxygen atoms in total. The Hall–Kier alpha value is -1.26. The first-order valence-corrected chi connectivity index (χ1v) is 5.60. The minimum atomic E-state index is -0.348. The van der Waals surface area contributed by atoms with Crippen LogP contribution < -0.4 is 0 Å². The van der Waals surface area contributed by atoms with E-state index in [1.54, 1.807) is 30.1 Å². The van der Waals surface area contributed by atoms with Gasteiger partial charge in [0.15, 0.2) is 5.78 Å². The molecule has 0 bridgehead atoms. The molecule has 0 spiro atoms. The third-order valence-corrected chi connectivity index (χ3v) is 2.79. The summed E-state index contributed by atoms with van der Waals surface area (Å²) >= 11 is 0. The van der Waals surface area contributed by atoms with Gasteiger partial charge in [-0.3, -0.25) is 9.69 Å². The quantitative estimate of drug-likeness (QED) is 0.812. The Kier molecular flexibility index (Phi) is 5.25. The van der Waals surface area contributed by atoms with E-state index in [2.05, 4.69) is 0 Å². The Morgan fingerprint density at radius 3 is 2.71 bits per heavy atom. The van der Waals surface area contributed by atoms with Gasteiger partial charge in [-0.1, -0.05) is 18.2 Å².